The Kier molecular flexibility index (Phi) is 4.76. The van der Waals surface area contributed by atoms with Crippen molar-refractivity contribution < 1.29 is 13.9 Å². The maximum atomic E-state index is 11.9. The van der Waals surface area contributed by atoms with Gasteiger partial charge >= 0.3 is 0 Å². The van der Waals surface area contributed by atoms with Crippen LogP contribution in [0, 0.1) is 13.8 Å². The number of amides is 1. The molecule has 3 aromatic rings. The van der Waals surface area contributed by atoms with E-state index in [4.69, 9.17) is 20.8 Å². The van der Waals surface area contributed by atoms with Crippen molar-refractivity contribution in [2.24, 2.45) is 0 Å². The number of furan rings is 1. The fraction of sp³-hybridized carbons (Fsp3) is 0.211. The fourth-order valence-electron chi connectivity index (χ4n) is 2.50. The fourth-order valence-corrected chi connectivity index (χ4v) is 2.61. The second kappa shape index (κ2) is 6.97. The van der Waals surface area contributed by atoms with Crippen LogP contribution >= 0.6 is 11.6 Å². The predicted octanol–water partition coefficient (Wildman–Crippen LogP) is 4.40. The van der Waals surface area contributed by atoms with Crippen LogP contribution in [-0.4, -0.2) is 12.5 Å². The van der Waals surface area contributed by atoms with Crippen LogP contribution in [-0.2, 0) is 11.3 Å². The van der Waals surface area contributed by atoms with Gasteiger partial charge < -0.3 is 14.5 Å². The highest BCUT2D eigenvalue weighted by Crippen LogP contribution is 2.25. The van der Waals surface area contributed by atoms with Gasteiger partial charge in [0, 0.05) is 10.4 Å². The predicted molar refractivity (Wildman–Crippen MR) is 94.5 cm³/mol. The third-order valence-electron chi connectivity index (χ3n) is 3.72. The minimum absolute atomic E-state index is 0.0548. The smallest absolute Gasteiger partial charge is 0.258 e. The molecule has 0 aliphatic carbocycles. The number of ether oxygens (including phenoxy) is 1. The van der Waals surface area contributed by atoms with Crippen LogP contribution in [0.25, 0.3) is 11.0 Å². The Morgan fingerprint density at radius 3 is 2.58 bits per heavy atom. The summed E-state index contributed by atoms with van der Waals surface area (Å²) < 4.78 is 11.2. The lowest BCUT2D eigenvalue weighted by atomic mass is 10.1. The van der Waals surface area contributed by atoms with Gasteiger partial charge in [0.2, 0.25) is 0 Å². The molecule has 124 valence electrons. The maximum absolute atomic E-state index is 11.9. The van der Waals surface area contributed by atoms with Crippen molar-refractivity contribution in [1.82, 2.24) is 5.32 Å². The summed E-state index contributed by atoms with van der Waals surface area (Å²) in [6.45, 7) is 4.09. The van der Waals surface area contributed by atoms with Crippen molar-refractivity contribution in [3.05, 3.63) is 64.4 Å². The first-order valence-corrected chi connectivity index (χ1v) is 8.04. The van der Waals surface area contributed by atoms with Crippen LogP contribution in [0.2, 0.25) is 5.02 Å². The Morgan fingerprint density at radius 2 is 1.88 bits per heavy atom. The van der Waals surface area contributed by atoms with Crippen LogP contribution in [0.4, 0.5) is 0 Å². The van der Waals surface area contributed by atoms with Crippen molar-refractivity contribution in [1.29, 1.82) is 0 Å². The molecule has 0 spiro atoms. The molecule has 0 saturated heterocycles. The van der Waals surface area contributed by atoms with Gasteiger partial charge in [0.25, 0.3) is 5.91 Å². The highest BCUT2D eigenvalue weighted by Gasteiger charge is 2.08. The topological polar surface area (TPSA) is 51.5 Å². The number of hydrogen-bond donors (Lipinski definition) is 1. The van der Waals surface area contributed by atoms with Crippen molar-refractivity contribution >= 4 is 28.5 Å². The number of benzene rings is 2. The molecule has 4 nitrogen and oxygen atoms in total. The SMILES string of the molecule is Cc1cc(OCC(=O)NCc2cc3ccccc3o2)cc(C)c1Cl. The number of halogens is 1. The Balaban J connectivity index is 1.54. The summed E-state index contributed by atoms with van der Waals surface area (Å²) >= 11 is 6.12. The minimum atomic E-state index is -0.208. The lowest BCUT2D eigenvalue weighted by molar-refractivity contribution is -0.123. The molecule has 0 bridgehead atoms. The minimum Gasteiger partial charge on any atom is -0.484 e. The number of carbonyl (C=O) groups excluding carboxylic acids is 1. The molecular formula is C19H18ClNO3. The summed E-state index contributed by atoms with van der Waals surface area (Å²) in [5, 5.41) is 4.52. The highest BCUT2D eigenvalue weighted by atomic mass is 35.5. The number of nitrogens with one attached hydrogen (secondary N) is 1. The standard InChI is InChI=1S/C19H18ClNO3/c1-12-7-15(8-13(2)19(12)20)23-11-18(22)21-10-16-9-14-5-3-4-6-17(14)24-16/h3-9H,10-11H2,1-2H3,(H,21,22). The van der Waals surface area contributed by atoms with Crippen molar-refractivity contribution in [3.8, 4) is 5.75 Å². The monoisotopic (exact) mass is 343 g/mol. The first kappa shape index (κ1) is 16.4. The van der Waals surface area contributed by atoms with Crippen LogP contribution in [0.3, 0.4) is 0 Å². The second-order valence-corrected chi connectivity index (χ2v) is 6.06. The molecule has 0 aliphatic heterocycles. The summed E-state index contributed by atoms with van der Waals surface area (Å²) in [5.41, 5.74) is 2.66. The molecule has 1 amide bonds. The molecule has 3 rings (SSSR count). The Bertz CT molecular complexity index is 829. The number of aryl methyl sites for hydroxylation is 2. The first-order chi connectivity index (χ1) is 11.5. The van der Waals surface area contributed by atoms with Gasteiger partial charge in [-0.2, -0.15) is 0 Å². The van der Waals surface area contributed by atoms with Crippen LogP contribution in [0.1, 0.15) is 16.9 Å². The van der Waals surface area contributed by atoms with Gasteiger partial charge in [0.05, 0.1) is 6.54 Å². The number of fused-ring (bicyclic) bond motifs is 1. The van der Waals surface area contributed by atoms with E-state index in [1.807, 2.05) is 56.3 Å². The lowest BCUT2D eigenvalue weighted by Gasteiger charge is -2.10. The van der Waals surface area contributed by atoms with Gasteiger partial charge in [-0.15, -0.1) is 0 Å². The maximum Gasteiger partial charge on any atom is 0.258 e. The van der Waals surface area contributed by atoms with Crippen LogP contribution in [0.15, 0.2) is 46.9 Å². The summed E-state index contributed by atoms with van der Waals surface area (Å²) in [6.07, 6.45) is 0. The van der Waals surface area contributed by atoms with E-state index in [1.165, 1.54) is 0 Å². The molecule has 1 aromatic heterocycles. The van der Waals surface area contributed by atoms with Crippen molar-refractivity contribution in [3.63, 3.8) is 0 Å². The average Bonchev–Trinajstić information content (AvgIpc) is 2.98. The summed E-state index contributed by atoms with van der Waals surface area (Å²) in [7, 11) is 0. The summed E-state index contributed by atoms with van der Waals surface area (Å²) in [6, 6.07) is 13.3. The zero-order chi connectivity index (χ0) is 17.1. The summed E-state index contributed by atoms with van der Waals surface area (Å²) in [5.74, 6) is 1.14. The Morgan fingerprint density at radius 1 is 1.17 bits per heavy atom. The van der Waals surface area contributed by atoms with Gasteiger partial charge in [-0.25, -0.2) is 0 Å². The van der Waals surface area contributed by atoms with Gasteiger partial charge in [-0.05, 0) is 49.2 Å². The molecule has 5 heteroatoms. The third-order valence-corrected chi connectivity index (χ3v) is 4.31. The zero-order valence-electron chi connectivity index (χ0n) is 13.6. The second-order valence-electron chi connectivity index (χ2n) is 5.69. The molecule has 0 unspecified atom stereocenters. The quantitative estimate of drug-likeness (QED) is 0.747. The molecule has 2 aromatic carbocycles. The number of para-hydroxylation sites is 1. The molecule has 0 aliphatic rings. The third kappa shape index (κ3) is 3.71. The normalized spacial score (nSPS) is 10.8. The lowest BCUT2D eigenvalue weighted by Crippen LogP contribution is -2.28. The van der Waals surface area contributed by atoms with E-state index in [1.54, 1.807) is 0 Å². The van der Waals surface area contributed by atoms with Crippen LogP contribution < -0.4 is 10.1 Å². The van der Waals surface area contributed by atoms with Gasteiger partial charge in [-0.1, -0.05) is 29.8 Å². The average molecular weight is 344 g/mol. The van der Waals surface area contributed by atoms with E-state index in [0.29, 0.717) is 18.1 Å². The Labute approximate surface area is 145 Å². The molecule has 0 atom stereocenters. The van der Waals surface area contributed by atoms with E-state index in [2.05, 4.69) is 5.32 Å². The zero-order valence-corrected chi connectivity index (χ0v) is 14.3. The van der Waals surface area contributed by atoms with Crippen LogP contribution in [0.5, 0.6) is 5.75 Å². The molecule has 0 radical (unpaired) electrons. The van der Waals surface area contributed by atoms with Gasteiger partial charge in [0.15, 0.2) is 6.61 Å². The molecule has 1 heterocycles. The Hall–Kier alpha value is -2.46. The van der Waals surface area contributed by atoms with Crippen molar-refractivity contribution in [2.75, 3.05) is 6.61 Å². The van der Waals surface area contributed by atoms with E-state index in [-0.39, 0.29) is 12.5 Å². The number of hydrogen-bond acceptors (Lipinski definition) is 3. The van der Waals surface area contributed by atoms with E-state index in [0.717, 1.165) is 27.1 Å². The first-order valence-electron chi connectivity index (χ1n) is 7.66. The number of carbonyl (C=O) groups is 1. The summed E-state index contributed by atoms with van der Waals surface area (Å²) in [4.78, 5) is 11.9. The van der Waals surface area contributed by atoms with Gasteiger partial charge in [-0.3, -0.25) is 4.79 Å². The molecular weight excluding hydrogens is 326 g/mol. The van der Waals surface area contributed by atoms with Gasteiger partial charge in [0.1, 0.15) is 17.1 Å². The molecule has 0 fully saturated rings. The van der Waals surface area contributed by atoms with E-state index in [9.17, 15) is 4.79 Å². The van der Waals surface area contributed by atoms with E-state index < -0.39 is 0 Å². The number of rotatable bonds is 5. The molecule has 24 heavy (non-hydrogen) atoms. The van der Waals surface area contributed by atoms with Crippen molar-refractivity contribution in [2.45, 2.75) is 20.4 Å². The molecule has 0 saturated carbocycles. The van der Waals surface area contributed by atoms with E-state index >= 15 is 0 Å². The highest BCUT2D eigenvalue weighted by molar-refractivity contribution is 6.32. The largest absolute Gasteiger partial charge is 0.484 e. The molecule has 1 N–H and O–H groups in total.